The van der Waals surface area contributed by atoms with Crippen LogP contribution in [0, 0.1) is 6.92 Å². The van der Waals surface area contributed by atoms with Gasteiger partial charge in [-0.3, -0.25) is 4.98 Å². The Labute approximate surface area is 233 Å². The van der Waals surface area contributed by atoms with E-state index in [9.17, 15) is 0 Å². The van der Waals surface area contributed by atoms with Crippen molar-refractivity contribution in [2.45, 2.75) is 77.1 Å². The van der Waals surface area contributed by atoms with E-state index in [-0.39, 0.29) is 5.41 Å². The minimum absolute atomic E-state index is 0.0536. The first-order chi connectivity index (χ1) is 18.1. The van der Waals surface area contributed by atoms with Crippen LogP contribution in [0.4, 0.5) is 0 Å². The van der Waals surface area contributed by atoms with E-state index in [1.165, 1.54) is 78.5 Å². The fourth-order valence-corrected chi connectivity index (χ4v) is 10.2. The standard InChI is InChI=1S/C35H39NSSi/c1-23-29-15-18-36-32(28-21-27-9-7-8-10-30(27)31(22-28)35(2,3)4)34(29)37-33(23)26-13-11-24(12-14-26)25-16-19-38(5,6)20-17-25/h7-15,18,21-22,25H,16-17,19-20H2,1-6H3. The van der Waals surface area contributed by atoms with E-state index in [4.69, 9.17) is 4.98 Å². The van der Waals surface area contributed by atoms with Gasteiger partial charge in [0.05, 0.1) is 10.4 Å². The molecular formula is C35H39NSSi. The number of aryl methyl sites for hydroxylation is 1. The summed E-state index contributed by atoms with van der Waals surface area (Å²) in [6.07, 6.45) is 4.74. The van der Waals surface area contributed by atoms with Crippen molar-refractivity contribution in [3.8, 4) is 21.7 Å². The van der Waals surface area contributed by atoms with Crippen LogP contribution in [0.15, 0.2) is 72.9 Å². The van der Waals surface area contributed by atoms with Crippen molar-refractivity contribution < 1.29 is 0 Å². The molecule has 1 fully saturated rings. The molecule has 2 aromatic heterocycles. The summed E-state index contributed by atoms with van der Waals surface area (Å²) in [4.78, 5) is 6.33. The molecule has 0 unspecified atom stereocenters. The fraction of sp³-hybridized carbons (Fsp3) is 0.343. The lowest BCUT2D eigenvalue weighted by molar-refractivity contribution is 0.596. The molecule has 0 spiro atoms. The van der Waals surface area contributed by atoms with Gasteiger partial charge in [0.2, 0.25) is 0 Å². The summed E-state index contributed by atoms with van der Waals surface area (Å²) >= 11 is 1.90. The van der Waals surface area contributed by atoms with Crippen LogP contribution in [0.1, 0.15) is 56.2 Å². The summed E-state index contributed by atoms with van der Waals surface area (Å²) in [6.45, 7) is 14.3. The third kappa shape index (κ3) is 4.65. The maximum Gasteiger partial charge on any atom is 0.0880 e. The predicted octanol–water partition coefficient (Wildman–Crippen LogP) is 11.0. The smallest absolute Gasteiger partial charge is 0.0880 e. The molecule has 0 saturated carbocycles. The van der Waals surface area contributed by atoms with Crippen molar-refractivity contribution in [2.24, 2.45) is 0 Å². The van der Waals surface area contributed by atoms with Gasteiger partial charge in [0.1, 0.15) is 0 Å². The van der Waals surface area contributed by atoms with Gasteiger partial charge in [-0.15, -0.1) is 11.3 Å². The monoisotopic (exact) mass is 533 g/mol. The van der Waals surface area contributed by atoms with Crippen molar-refractivity contribution in [3.63, 3.8) is 0 Å². The number of nitrogens with zero attached hydrogens (tertiary/aromatic N) is 1. The lowest BCUT2D eigenvalue weighted by Gasteiger charge is -2.33. The SMILES string of the molecule is Cc1c(-c2ccc(C3CC[Si](C)(C)CC3)cc2)sc2c(-c3cc(C(C)(C)C)c4ccccc4c3)nccc12. The average molecular weight is 534 g/mol. The quantitative estimate of drug-likeness (QED) is 0.210. The Bertz CT molecular complexity index is 1630. The van der Waals surface area contributed by atoms with Crippen LogP contribution in [-0.2, 0) is 5.41 Å². The largest absolute Gasteiger partial charge is 0.255 e. The zero-order valence-electron chi connectivity index (χ0n) is 23.7. The zero-order chi connectivity index (χ0) is 26.7. The number of pyridine rings is 1. The van der Waals surface area contributed by atoms with Gasteiger partial charge in [-0.05, 0) is 87.7 Å². The lowest BCUT2D eigenvalue weighted by atomic mass is 9.82. The maximum atomic E-state index is 4.96. The van der Waals surface area contributed by atoms with Crippen LogP contribution in [0.2, 0.25) is 25.2 Å². The summed E-state index contributed by atoms with van der Waals surface area (Å²) in [7, 11) is -0.923. The molecule has 1 saturated heterocycles. The highest BCUT2D eigenvalue weighted by Crippen LogP contribution is 2.44. The second-order valence-electron chi connectivity index (χ2n) is 13.1. The highest BCUT2D eigenvalue weighted by atomic mass is 32.1. The van der Waals surface area contributed by atoms with Crippen LogP contribution in [0.3, 0.4) is 0 Å². The topological polar surface area (TPSA) is 12.9 Å². The van der Waals surface area contributed by atoms with Crippen molar-refractivity contribution in [1.82, 2.24) is 4.98 Å². The number of thiophene rings is 1. The molecule has 0 amide bonds. The predicted molar refractivity (Wildman–Crippen MR) is 171 cm³/mol. The van der Waals surface area contributed by atoms with E-state index in [1.54, 1.807) is 0 Å². The molecule has 3 heterocycles. The molecule has 6 rings (SSSR count). The van der Waals surface area contributed by atoms with Crippen LogP contribution >= 0.6 is 11.3 Å². The molecule has 0 N–H and O–H groups in total. The molecule has 3 aromatic carbocycles. The summed E-state index contributed by atoms with van der Waals surface area (Å²) in [5, 5.41) is 3.94. The third-order valence-corrected chi connectivity index (χ3v) is 13.4. The van der Waals surface area contributed by atoms with Crippen LogP contribution in [-0.4, -0.2) is 13.1 Å². The molecule has 5 aromatic rings. The minimum atomic E-state index is -0.923. The minimum Gasteiger partial charge on any atom is -0.255 e. The van der Waals surface area contributed by atoms with Crippen molar-refractivity contribution >= 4 is 40.3 Å². The first-order valence-corrected chi connectivity index (χ1v) is 18.4. The molecule has 1 nitrogen and oxygen atoms in total. The Kier molecular flexibility index (Phi) is 6.36. The highest BCUT2D eigenvalue weighted by Gasteiger charge is 2.29. The van der Waals surface area contributed by atoms with Gasteiger partial charge in [0, 0.05) is 24.7 Å². The van der Waals surface area contributed by atoms with E-state index in [2.05, 4.69) is 108 Å². The molecule has 0 aliphatic carbocycles. The number of rotatable bonds is 3. The Balaban J connectivity index is 1.41. The van der Waals surface area contributed by atoms with E-state index >= 15 is 0 Å². The molecule has 3 heteroatoms. The van der Waals surface area contributed by atoms with Crippen molar-refractivity contribution in [2.75, 3.05) is 0 Å². The molecule has 0 atom stereocenters. The first-order valence-electron chi connectivity index (χ1n) is 14.1. The van der Waals surface area contributed by atoms with E-state index < -0.39 is 8.07 Å². The zero-order valence-corrected chi connectivity index (χ0v) is 25.5. The van der Waals surface area contributed by atoms with Gasteiger partial charge in [-0.1, -0.05) is 94.5 Å². The van der Waals surface area contributed by atoms with Gasteiger partial charge in [-0.2, -0.15) is 0 Å². The number of fused-ring (bicyclic) bond motifs is 2. The first kappa shape index (κ1) is 25.5. The summed E-state index contributed by atoms with van der Waals surface area (Å²) in [6, 6.07) is 28.1. The third-order valence-electron chi connectivity index (χ3n) is 8.78. The molecule has 38 heavy (non-hydrogen) atoms. The lowest BCUT2D eigenvalue weighted by Crippen LogP contribution is -2.30. The van der Waals surface area contributed by atoms with Crippen LogP contribution in [0.25, 0.3) is 42.6 Å². The van der Waals surface area contributed by atoms with E-state index in [1.807, 2.05) is 17.5 Å². The van der Waals surface area contributed by atoms with Gasteiger partial charge >= 0.3 is 0 Å². The molecule has 1 aliphatic heterocycles. The van der Waals surface area contributed by atoms with Gasteiger partial charge in [0.15, 0.2) is 0 Å². The van der Waals surface area contributed by atoms with E-state index in [0.717, 1.165) is 11.6 Å². The Morgan fingerprint density at radius 2 is 1.55 bits per heavy atom. The molecule has 194 valence electrons. The number of hydrogen-bond donors (Lipinski definition) is 0. The Morgan fingerprint density at radius 3 is 2.26 bits per heavy atom. The Hall–Kier alpha value is -2.75. The van der Waals surface area contributed by atoms with Crippen molar-refractivity contribution in [3.05, 3.63) is 89.6 Å². The Morgan fingerprint density at radius 1 is 0.842 bits per heavy atom. The second kappa shape index (κ2) is 9.46. The molecule has 0 radical (unpaired) electrons. The summed E-state index contributed by atoms with van der Waals surface area (Å²) in [5.74, 6) is 0.744. The number of aromatic nitrogens is 1. The maximum absolute atomic E-state index is 4.96. The van der Waals surface area contributed by atoms with E-state index in [0.29, 0.717) is 0 Å². The fourth-order valence-electron chi connectivity index (χ4n) is 6.34. The average Bonchev–Trinajstić information content (AvgIpc) is 3.24. The molecule has 1 aliphatic rings. The molecular weight excluding hydrogens is 495 g/mol. The highest BCUT2D eigenvalue weighted by molar-refractivity contribution is 7.23. The van der Waals surface area contributed by atoms with Crippen LogP contribution < -0.4 is 0 Å². The summed E-state index contributed by atoms with van der Waals surface area (Å²) < 4.78 is 1.29. The van der Waals surface area contributed by atoms with Crippen LogP contribution in [0.5, 0.6) is 0 Å². The van der Waals surface area contributed by atoms with Gasteiger partial charge < -0.3 is 0 Å². The normalized spacial score (nSPS) is 16.4. The number of hydrogen-bond acceptors (Lipinski definition) is 2. The van der Waals surface area contributed by atoms with Gasteiger partial charge in [-0.25, -0.2) is 0 Å². The van der Waals surface area contributed by atoms with Crippen molar-refractivity contribution in [1.29, 1.82) is 0 Å². The number of benzene rings is 3. The second-order valence-corrected chi connectivity index (χ2v) is 19.5. The van der Waals surface area contributed by atoms with Gasteiger partial charge in [0.25, 0.3) is 0 Å². The summed E-state index contributed by atoms with van der Waals surface area (Å²) in [5.41, 5.74) is 7.97. The molecule has 0 bridgehead atoms.